The van der Waals surface area contributed by atoms with Gasteiger partial charge >= 0.3 is 0 Å². The maximum atomic E-state index is 13.0. The Morgan fingerprint density at radius 2 is 1.75 bits per heavy atom. The molecule has 0 bridgehead atoms. The molecular weight excluding hydrogens is 426 g/mol. The summed E-state index contributed by atoms with van der Waals surface area (Å²) in [5.74, 6) is 0.513. The minimum absolute atomic E-state index is 0.184. The van der Waals surface area contributed by atoms with E-state index in [0.29, 0.717) is 39.9 Å². The zero-order chi connectivity index (χ0) is 23.5. The second-order valence-electron chi connectivity index (χ2n) is 7.93. The highest BCUT2D eigenvalue weighted by Gasteiger charge is 2.18. The average molecular weight is 454 g/mol. The minimum atomic E-state index is -3.78. The predicted octanol–water partition coefficient (Wildman–Crippen LogP) is 5.34. The topological polar surface area (TPSA) is 101 Å². The van der Waals surface area contributed by atoms with E-state index in [-0.39, 0.29) is 10.8 Å². The summed E-state index contributed by atoms with van der Waals surface area (Å²) in [4.78, 5) is 11.6. The molecular formula is C24H27N3O4S. The van der Waals surface area contributed by atoms with Gasteiger partial charge < -0.3 is 9.84 Å². The fourth-order valence-electron chi connectivity index (χ4n) is 3.16. The van der Waals surface area contributed by atoms with Crippen molar-refractivity contribution in [2.75, 3.05) is 10.0 Å². The van der Waals surface area contributed by atoms with E-state index in [4.69, 9.17) is 4.52 Å². The molecule has 7 nitrogen and oxygen atoms in total. The highest BCUT2D eigenvalue weighted by atomic mass is 32.2. The van der Waals surface area contributed by atoms with Crippen LogP contribution in [0.3, 0.4) is 0 Å². The van der Waals surface area contributed by atoms with E-state index >= 15 is 0 Å². The van der Waals surface area contributed by atoms with Crippen molar-refractivity contribution in [3.63, 3.8) is 0 Å². The molecule has 1 aromatic heterocycles. The van der Waals surface area contributed by atoms with Gasteiger partial charge in [-0.05, 0) is 60.7 Å². The third-order valence-electron chi connectivity index (χ3n) is 4.95. The number of benzene rings is 2. The Labute approximate surface area is 188 Å². The van der Waals surface area contributed by atoms with Gasteiger partial charge in [0.1, 0.15) is 11.4 Å². The van der Waals surface area contributed by atoms with Crippen LogP contribution < -0.4 is 10.0 Å². The quantitative estimate of drug-likeness (QED) is 0.502. The molecule has 0 fully saturated rings. The summed E-state index contributed by atoms with van der Waals surface area (Å²) < 4.78 is 34.0. The van der Waals surface area contributed by atoms with Crippen molar-refractivity contribution in [3.8, 4) is 0 Å². The third-order valence-corrected chi connectivity index (χ3v) is 6.47. The molecule has 0 spiro atoms. The molecule has 168 valence electrons. The molecule has 32 heavy (non-hydrogen) atoms. The van der Waals surface area contributed by atoms with E-state index in [1.165, 1.54) is 6.92 Å². The van der Waals surface area contributed by atoms with Gasteiger partial charge in [-0.1, -0.05) is 49.3 Å². The maximum Gasteiger partial charge on any atom is 0.262 e. The molecule has 0 aliphatic rings. The van der Waals surface area contributed by atoms with Gasteiger partial charge in [0.15, 0.2) is 5.76 Å². The van der Waals surface area contributed by atoms with Crippen molar-refractivity contribution in [3.05, 3.63) is 70.6 Å². The van der Waals surface area contributed by atoms with Gasteiger partial charge in [-0.3, -0.25) is 9.52 Å². The number of nitrogens with one attached hydrogen (secondary N) is 2. The van der Waals surface area contributed by atoms with Crippen molar-refractivity contribution in [1.29, 1.82) is 0 Å². The van der Waals surface area contributed by atoms with Gasteiger partial charge in [-0.25, -0.2) is 8.42 Å². The molecule has 2 aromatic carbocycles. The van der Waals surface area contributed by atoms with Crippen LogP contribution in [-0.4, -0.2) is 19.5 Å². The smallest absolute Gasteiger partial charge is 0.262 e. The molecule has 0 aliphatic carbocycles. The highest BCUT2D eigenvalue weighted by Crippen LogP contribution is 2.25. The molecule has 0 unspecified atom stereocenters. The summed E-state index contributed by atoms with van der Waals surface area (Å²) in [6.07, 6.45) is 3.35. The number of anilines is 2. The van der Waals surface area contributed by atoms with Crippen molar-refractivity contribution in [2.24, 2.45) is 0 Å². The fraction of sp³-hybridized carbons (Fsp3) is 0.250. The maximum absolute atomic E-state index is 13.0. The average Bonchev–Trinajstić information content (AvgIpc) is 3.06. The second kappa shape index (κ2) is 9.40. The lowest BCUT2D eigenvalue weighted by Gasteiger charge is -2.12. The lowest BCUT2D eigenvalue weighted by Crippen LogP contribution is -2.14. The molecule has 0 radical (unpaired) electrons. The normalized spacial score (nSPS) is 11.8. The Balaban J connectivity index is 1.87. The standard InChI is InChI=1S/C24H27N3O4S/c1-15(2)20-9-11-21(12-10-20)27-32(29,30)23-14-19(7-6-16(23)3)8-13-22-24(25-18(5)28)17(4)26-31-22/h6-15,27H,1-5H3,(H,25,28). The lowest BCUT2D eigenvalue weighted by atomic mass is 10.0. The Kier molecular flexibility index (Phi) is 6.84. The molecule has 3 rings (SSSR count). The number of carbonyl (C=O) groups is 1. The minimum Gasteiger partial charge on any atom is -0.354 e. The third kappa shape index (κ3) is 5.45. The summed E-state index contributed by atoms with van der Waals surface area (Å²) in [6, 6.07) is 12.5. The highest BCUT2D eigenvalue weighted by molar-refractivity contribution is 7.92. The van der Waals surface area contributed by atoms with E-state index in [0.717, 1.165) is 5.56 Å². The number of sulfonamides is 1. The number of aromatic nitrogens is 1. The number of rotatable bonds is 7. The number of hydrogen-bond donors (Lipinski definition) is 2. The summed E-state index contributed by atoms with van der Waals surface area (Å²) in [7, 11) is -3.78. The molecule has 1 heterocycles. The van der Waals surface area contributed by atoms with Crippen molar-refractivity contribution < 1.29 is 17.7 Å². The number of amides is 1. The molecule has 0 saturated carbocycles. The Morgan fingerprint density at radius 1 is 1.06 bits per heavy atom. The first kappa shape index (κ1) is 23.3. The fourth-order valence-corrected chi connectivity index (χ4v) is 4.50. The van der Waals surface area contributed by atoms with Crippen molar-refractivity contribution in [1.82, 2.24) is 5.16 Å². The van der Waals surface area contributed by atoms with E-state index < -0.39 is 10.0 Å². The van der Waals surface area contributed by atoms with Gasteiger partial charge in [0.25, 0.3) is 10.0 Å². The largest absolute Gasteiger partial charge is 0.354 e. The van der Waals surface area contributed by atoms with Gasteiger partial charge in [0, 0.05) is 12.6 Å². The molecule has 0 atom stereocenters. The predicted molar refractivity (Wildman–Crippen MR) is 127 cm³/mol. The molecule has 1 amide bonds. The Morgan fingerprint density at radius 3 is 2.38 bits per heavy atom. The summed E-state index contributed by atoms with van der Waals surface area (Å²) in [5.41, 5.74) is 3.97. The van der Waals surface area contributed by atoms with Crippen LogP contribution in [-0.2, 0) is 14.8 Å². The van der Waals surface area contributed by atoms with Crippen LogP contribution in [0.5, 0.6) is 0 Å². The van der Waals surface area contributed by atoms with E-state index in [9.17, 15) is 13.2 Å². The van der Waals surface area contributed by atoms with Crippen LogP contribution in [0.4, 0.5) is 11.4 Å². The second-order valence-corrected chi connectivity index (χ2v) is 9.58. The van der Waals surface area contributed by atoms with Gasteiger partial charge in [-0.2, -0.15) is 0 Å². The van der Waals surface area contributed by atoms with Gasteiger partial charge in [0.05, 0.1) is 4.90 Å². The molecule has 3 aromatic rings. The zero-order valence-electron chi connectivity index (χ0n) is 18.8. The van der Waals surface area contributed by atoms with E-state index in [1.54, 1.807) is 50.3 Å². The van der Waals surface area contributed by atoms with Crippen LogP contribution in [0.2, 0.25) is 0 Å². The van der Waals surface area contributed by atoms with Gasteiger partial charge in [0.2, 0.25) is 5.91 Å². The Hall–Kier alpha value is -3.39. The van der Waals surface area contributed by atoms with Crippen LogP contribution in [0.25, 0.3) is 12.2 Å². The van der Waals surface area contributed by atoms with Crippen LogP contribution in [0.15, 0.2) is 51.9 Å². The number of nitrogens with zero attached hydrogens (tertiary/aromatic N) is 1. The number of carbonyl (C=O) groups excluding carboxylic acids is 1. The SMILES string of the molecule is CC(=O)Nc1c(C)noc1C=Cc1ccc(C)c(S(=O)(=O)Nc2ccc(C(C)C)cc2)c1. The molecule has 8 heteroatoms. The number of aryl methyl sites for hydroxylation is 2. The van der Waals surface area contributed by atoms with E-state index in [2.05, 4.69) is 29.0 Å². The molecule has 0 saturated heterocycles. The number of hydrogen-bond acceptors (Lipinski definition) is 5. The van der Waals surface area contributed by atoms with Crippen molar-refractivity contribution >= 4 is 39.5 Å². The summed E-state index contributed by atoms with van der Waals surface area (Å²) in [5, 5.41) is 6.56. The van der Waals surface area contributed by atoms with Crippen molar-refractivity contribution in [2.45, 2.75) is 45.4 Å². The first-order valence-corrected chi connectivity index (χ1v) is 11.7. The van der Waals surface area contributed by atoms with Crippen LogP contribution in [0.1, 0.15) is 54.8 Å². The Bertz CT molecular complexity index is 1260. The van der Waals surface area contributed by atoms with Crippen LogP contribution in [0, 0.1) is 13.8 Å². The molecule has 0 aliphatic heterocycles. The zero-order valence-corrected chi connectivity index (χ0v) is 19.6. The van der Waals surface area contributed by atoms with Crippen LogP contribution >= 0.6 is 0 Å². The summed E-state index contributed by atoms with van der Waals surface area (Å²) >= 11 is 0. The lowest BCUT2D eigenvalue weighted by molar-refractivity contribution is -0.114. The first-order valence-electron chi connectivity index (χ1n) is 10.2. The monoisotopic (exact) mass is 453 g/mol. The molecule has 2 N–H and O–H groups in total. The summed E-state index contributed by atoms with van der Waals surface area (Å²) in [6.45, 7) is 9.04. The van der Waals surface area contributed by atoms with E-state index in [1.807, 2.05) is 18.2 Å². The van der Waals surface area contributed by atoms with Gasteiger partial charge in [-0.15, -0.1) is 0 Å². The first-order chi connectivity index (χ1) is 15.1.